The summed E-state index contributed by atoms with van der Waals surface area (Å²) in [6, 6.07) is 3.68. The Bertz CT molecular complexity index is 1200. The summed E-state index contributed by atoms with van der Waals surface area (Å²) in [6.07, 6.45) is -10.4. The van der Waals surface area contributed by atoms with E-state index in [2.05, 4.69) is 20.0 Å². The Morgan fingerprint density at radius 3 is 2.30 bits per heavy atom. The van der Waals surface area contributed by atoms with Gasteiger partial charge in [0.25, 0.3) is 0 Å². The smallest absolute Gasteiger partial charge is 0.403 e. The SMILES string of the molecule is CC(C)(O)CC(=O)Nc1nc2ccc(C(F)(F)F)nc2n1-c1ccc(OC(F)(F)F)c(F)c1. The number of aromatic nitrogens is 3. The van der Waals surface area contributed by atoms with Gasteiger partial charge < -0.3 is 9.84 Å². The number of benzene rings is 1. The molecule has 0 fully saturated rings. The highest BCUT2D eigenvalue weighted by molar-refractivity contribution is 5.92. The van der Waals surface area contributed by atoms with Gasteiger partial charge in [0, 0.05) is 6.07 Å². The van der Waals surface area contributed by atoms with Crippen molar-refractivity contribution in [2.24, 2.45) is 0 Å². The Hall–Kier alpha value is -3.42. The van der Waals surface area contributed by atoms with Gasteiger partial charge in [-0.3, -0.25) is 14.7 Å². The van der Waals surface area contributed by atoms with Crippen LogP contribution in [-0.4, -0.2) is 37.5 Å². The Morgan fingerprint density at radius 1 is 1.09 bits per heavy atom. The van der Waals surface area contributed by atoms with Crippen molar-refractivity contribution in [2.45, 2.75) is 38.4 Å². The van der Waals surface area contributed by atoms with Gasteiger partial charge in [0.2, 0.25) is 11.9 Å². The second kappa shape index (κ2) is 8.17. The van der Waals surface area contributed by atoms with E-state index in [1.165, 1.54) is 13.8 Å². The molecular formula is C19H15F7N4O3. The number of aliphatic hydroxyl groups is 1. The van der Waals surface area contributed by atoms with E-state index in [1.54, 1.807) is 0 Å². The van der Waals surface area contributed by atoms with Crippen LogP contribution in [0.2, 0.25) is 0 Å². The van der Waals surface area contributed by atoms with Crippen LogP contribution in [0.15, 0.2) is 30.3 Å². The maximum atomic E-state index is 14.3. The van der Waals surface area contributed by atoms with E-state index in [0.717, 1.165) is 16.7 Å². The molecule has 2 heterocycles. The van der Waals surface area contributed by atoms with E-state index in [9.17, 15) is 40.6 Å². The fraction of sp³-hybridized carbons (Fsp3) is 0.316. The van der Waals surface area contributed by atoms with E-state index in [1.807, 2.05) is 0 Å². The summed E-state index contributed by atoms with van der Waals surface area (Å²) < 4.78 is 95.4. The normalized spacial score (nSPS) is 12.8. The summed E-state index contributed by atoms with van der Waals surface area (Å²) >= 11 is 0. The molecule has 3 aromatic rings. The van der Waals surface area contributed by atoms with Crippen LogP contribution >= 0.6 is 0 Å². The van der Waals surface area contributed by atoms with Gasteiger partial charge in [-0.2, -0.15) is 13.2 Å². The third kappa shape index (κ3) is 5.88. The van der Waals surface area contributed by atoms with Gasteiger partial charge >= 0.3 is 12.5 Å². The molecule has 0 aliphatic carbocycles. The number of amides is 1. The van der Waals surface area contributed by atoms with Crippen molar-refractivity contribution >= 4 is 23.0 Å². The molecule has 2 N–H and O–H groups in total. The predicted molar refractivity (Wildman–Crippen MR) is 100 cm³/mol. The number of alkyl halides is 6. The second-order valence-electron chi connectivity index (χ2n) is 7.51. The van der Waals surface area contributed by atoms with Gasteiger partial charge in [0.05, 0.1) is 17.7 Å². The van der Waals surface area contributed by atoms with Crippen molar-refractivity contribution in [3.63, 3.8) is 0 Å². The average Bonchev–Trinajstić information content (AvgIpc) is 2.96. The van der Waals surface area contributed by atoms with Crippen LogP contribution in [0.5, 0.6) is 5.75 Å². The summed E-state index contributed by atoms with van der Waals surface area (Å²) in [5.74, 6) is -3.83. The number of carbonyl (C=O) groups excluding carboxylic acids is 1. The third-order valence-electron chi connectivity index (χ3n) is 4.04. The molecule has 0 bridgehead atoms. The summed E-state index contributed by atoms with van der Waals surface area (Å²) in [6.45, 7) is 2.67. The van der Waals surface area contributed by atoms with E-state index in [0.29, 0.717) is 18.2 Å². The van der Waals surface area contributed by atoms with E-state index >= 15 is 0 Å². The van der Waals surface area contributed by atoms with Crippen molar-refractivity contribution in [2.75, 3.05) is 5.32 Å². The highest BCUT2D eigenvalue weighted by Crippen LogP contribution is 2.33. The second-order valence-corrected chi connectivity index (χ2v) is 7.51. The average molecular weight is 480 g/mol. The topological polar surface area (TPSA) is 89.3 Å². The summed E-state index contributed by atoms with van der Waals surface area (Å²) in [7, 11) is 0. The number of imidazole rings is 1. The van der Waals surface area contributed by atoms with Gasteiger partial charge in [0.1, 0.15) is 11.2 Å². The number of ether oxygens (including phenoxy) is 1. The van der Waals surface area contributed by atoms with E-state index in [4.69, 9.17) is 0 Å². The third-order valence-corrected chi connectivity index (χ3v) is 4.04. The molecule has 0 radical (unpaired) electrons. The molecule has 0 atom stereocenters. The molecule has 14 heteroatoms. The maximum absolute atomic E-state index is 14.3. The molecule has 33 heavy (non-hydrogen) atoms. The van der Waals surface area contributed by atoms with Crippen LogP contribution in [0.25, 0.3) is 16.9 Å². The number of rotatable bonds is 5. The zero-order valence-electron chi connectivity index (χ0n) is 16.8. The largest absolute Gasteiger partial charge is 0.573 e. The minimum Gasteiger partial charge on any atom is -0.403 e. The van der Waals surface area contributed by atoms with Crippen molar-refractivity contribution in [3.8, 4) is 11.4 Å². The molecule has 1 aromatic carbocycles. The van der Waals surface area contributed by atoms with E-state index < -0.39 is 59.3 Å². The zero-order chi connectivity index (χ0) is 24.8. The standard InChI is InChI=1S/C19H15F7N4O3/c1-17(2,32)8-14(31)29-16-27-11-4-6-13(18(21,22)23)28-15(11)30(16)9-3-5-12(10(20)7-9)33-19(24,25)26/h3-7,32H,8H2,1-2H3,(H,27,29,31). The van der Waals surface area contributed by atoms with Gasteiger partial charge in [0.15, 0.2) is 17.2 Å². The molecule has 0 saturated carbocycles. The Morgan fingerprint density at radius 2 is 1.76 bits per heavy atom. The number of nitrogens with one attached hydrogen (secondary N) is 1. The fourth-order valence-corrected chi connectivity index (χ4v) is 2.84. The Labute approximate surface area is 180 Å². The van der Waals surface area contributed by atoms with Gasteiger partial charge in [-0.15, -0.1) is 13.2 Å². The van der Waals surface area contributed by atoms with E-state index in [-0.39, 0.29) is 11.2 Å². The summed E-state index contributed by atoms with van der Waals surface area (Å²) in [5, 5.41) is 12.1. The number of nitrogens with zero attached hydrogens (tertiary/aromatic N) is 3. The number of hydrogen-bond donors (Lipinski definition) is 2. The molecule has 3 rings (SSSR count). The lowest BCUT2D eigenvalue weighted by Crippen LogP contribution is -2.28. The molecule has 0 aliphatic rings. The number of pyridine rings is 1. The quantitative estimate of drug-likeness (QED) is 0.522. The molecule has 7 nitrogen and oxygen atoms in total. The highest BCUT2D eigenvalue weighted by atomic mass is 19.4. The number of fused-ring (bicyclic) bond motifs is 1. The molecule has 1 amide bonds. The van der Waals surface area contributed by atoms with Crippen molar-refractivity contribution in [1.29, 1.82) is 0 Å². The van der Waals surface area contributed by atoms with Crippen LogP contribution < -0.4 is 10.1 Å². The predicted octanol–water partition coefficient (Wildman–Crippen LogP) is 4.58. The minimum absolute atomic E-state index is 0.127. The first-order valence-corrected chi connectivity index (χ1v) is 9.08. The Balaban J connectivity index is 2.16. The minimum atomic E-state index is -5.18. The first-order chi connectivity index (χ1) is 15.0. The first kappa shape index (κ1) is 24.2. The fourth-order valence-electron chi connectivity index (χ4n) is 2.84. The number of halogens is 7. The lowest BCUT2D eigenvalue weighted by molar-refractivity contribution is -0.275. The van der Waals surface area contributed by atoms with Crippen LogP contribution in [0.3, 0.4) is 0 Å². The van der Waals surface area contributed by atoms with Crippen LogP contribution in [0, 0.1) is 5.82 Å². The Kier molecular flexibility index (Phi) is 6.00. The van der Waals surface area contributed by atoms with Crippen molar-refractivity contribution < 1.29 is 45.4 Å². The molecule has 0 unspecified atom stereocenters. The first-order valence-electron chi connectivity index (χ1n) is 9.08. The van der Waals surface area contributed by atoms with Crippen molar-refractivity contribution in [3.05, 3.63) is 41.8 Å². The number of carbonyl (C=O) groups is 1. The number of anilines is 1. The van der Waals surface area contributed by atoms with Gasteiger partial charge in [-0.1, -0.05) is 0 Å². The lowest BCUT2D eigenvalue weighted by Gasteiger charge is -2.17. The monoisotopic (exact) mass is 480 g/mol. The number of hydrogen-bond acceptors (Lipinski definition) is 5. The molecule has 2 aromatic heterocycles. The van der Waals surface area contributed by atoms with Crippen LogP contribution in [-0.2, 0) is 11.0 Å². The lowest BCUT2D eigenvalue weighted by atomic mass is 10.1. The van der Waals surface area contributed by atoms with Crippen molar-refractivity contribution in [1.82, 2.24) is 14.5 Å². The maximum Gasteiger partial charge on any atom is 0.573 e. The zero-order valence-corrected chi connectivity index (χ0v) is 16.8. The van der Waals surface area contributed by atoms with Gasteiger partial charge in [-0.25, -0.2) is 14.4 Å². The molecular weight excluding hydrogens is 465 g/mol. The molecule has 0 aliphatic heterocycles. The summed E-state index contributed by atoms with van der Waals surface area (Å²) in [4.78, 5) is 19.7. The molecule has 178 valence electrons. The highest BCUT2D eigenvalue weighted by Gasteiger charge is 2.34. The summed E-state index contributed by atoms with van der Waals surface area (Å²) in [5.41, 5.74) is -3.63. The van der Waals surface area contributed by atoms with Crippen LogP contribution in [0.1, 0.15) is 26.0 Å². The molecule has 0 spiro atoms. The van der Waals surface area contributed by atoms with Crippen LogP contribution in [0.4, 0.5) is 36.7 Å². The molecule has 0 saturated heterocycles. The van der Waals surface area contributed by atoms with Gasteiger partial charge in [-0.05, 0) is 38.1 Å².